The summed E-state index contributed by atoms with van der Waals surface area (Å²) in [4.78, 5) is 36.0. The first-order valence-corrected chi connectivity index (χ1v) is 14.2. The molecule has 0 aliphatic carbocycles. The number of amides is 2. The van der Waals surface area contributed by atoms with Crippen LogP contribution in [0.5, 0.6) is 0 Å². The van der Waals surface area contributed by atoms with E-state index in [2.05, 4.69) is 10.6 Å². The quantitative estimate of drug-likeness (QED) is 0.0913. The smallest absolute Gasteiger partial charge is 0.364 e. The van der Waals surface area contributed by atoms with Crippen LogP contribution in [-0.4, -0.2) is 191 Å². The first kappa shape index (κ1) is 38.3. The van der Waals surface area contributed by atoms with E-state index in [0.29, 0.717) is 0 Å². The molecule has 0 spiro atoms. The van der Waals surface area contributed by atoms with Crippen LogP contribution in [0.15, 0.2) is 0 Å². The highest BCUT2D eigenvalue weighted by atomic mass is 16.7. The van der Waals surface area contributed by atoms with Crippen LogP contribution in [0.3, 0.4) is 0 Å². The summed E-state index contributed by atoms with van der Waals surface area (Å²) in [7, 11) is 0. The zero-order valence-corrected chi connectivity index (χ0v) is 24.7. The number of hydrogen-bond acceptors (Lipinski definition) is 18. The third kappa shape index (κ3) is 8.26. The highest BCUT2D eigenvalue weighted by molar-refractivity contribution is 5.76. The topological polar surface area (TPSA) is 344 Å². The van der Waals surface area contributed by atoms with Gasteiger partial charge in [0.1, 0.15) is 67.1 Å². The molecule has 0 aromatic heterocycles. The standard InChI is InChI=1S/C25H42N2O19/c1-7(30)26-13-9(32)3-25(24(40)41,46-21(13)15(34)10(33)4-28)42-6-12-20(17(36)14(22(39)43-12)27-8(2)31)45-23-19(38)18(37)16(35)11(5-29)44-23/h9-23,28-29,32-39H,3-6H2,1-2H3,(H,26,30)(H,27,31)(H,40,41)/t9-,10+,11+,12+,13+,14+,15+,16-,17+,18-,19+,20-,21+,22+,23-,25+/m0/s1. The average molecular weight is 675 g/mol. The molecule has 13 N–H and O–H groups in total. The van der Waals surface area contributed by atoms with Gasteiger partial charge in [0.05, 0.1) is 32.0 Å². The van der Waals surface area contributed by atoms with Gasteiger partial charge in [0.15, 0.2) is 12.6 Å². The Hall–Kier alpha value is -2.19. The molecule has 3 fully saturated rings. The molecule has 0 bridgehead atoms. The van der Waals surface area contributed by atoms with E-state index in [1.165, 1.54) is 0 Å². The minimum atomic E-state index is -2.86. The SMILES string of the molecule is CC(=O)N[C@@H]1[C@@H](O)[C@@H](O[C@@H]2O[C@H](CO)[C@H](O)[C@H](O)[C@H]2O)[C@@H](CO[C@]2(C(=O)O)C[C@H](O)[C@@H](NC(C)=O)[C@H]([C@H](O)[C@H](O)CO)O2)O[C@H]1O. The van der Waals surface area contributed by atoms with E-state index in [0.717, 1.165) is 13.8 Å². The molecule has 3 heterocycles. The number of carbonyl (C=O) groups is 3. The minimum Gasteiger partial charge on any atom is -0.477 e. The van der Waals surface area contributed by atoms with Gasteiger partial charge in [0.25, 0.3) is 5.79 Å². The van der Waals surface area contributed by atoms with Gasteiger partial charge in [-0.3, -0.25) is 9.59 Å². The number of aliphatic carboxylic acids is 1. The summed E-state index contributed by atoms with van der Waals surface area (Å²) in [6.07, 6.45) is -25.0. The maximum atomic E-state index is 12.5. The van der Waals surface area contributed by atoms with Crippen molar-refractivity contribution in [3.05, 3.63) is 0 Å². The number of ether oxygens (including phenoxy) is 5. The number of rotatable bonds is 12. The molecular weight excluding hydrogens is 632 g/mol. The van der Waals surface area contributed by atoms with Crippen LogP contribution in [0.1, 0.15) is 20.3 Å². The Bertz CT molecular complexity index is 1050. The third-order valence-corrected chi connectivity index (χ3v) is 7.87. The van der Waals surface area contributed by atoms with Gasteiger partial charge in [0, 0.05) is 20.3 Å². The third-order valence-electron chi connectivity index (χ3n) is 7.87. The fraction of sp³-hybridized carbons (Fsp3) is 0.880. The predicted molar refractivity (Wildman–Crippen MR) is 142 cm³/mol. The second-order valence-electron chi connectivity index (χ2n) is 11.3. The molecule has 0 aromatic rings. The maximum absolute atomic E-state index is 12.5. The molecule has 0 unspecified atom stereocenters. The van der Waals surface area contributed by atoms with Crippen molar-refractivity contribution in [3.63, 3.8) is 0 Å². The zero-order valence-electron chi connectivity index (χ0n) is 24.7. The maximum Gasteiger partial charge on any atom is 0.364 e. The zero-order chi connectivity index (χ0) is 34.7. The molecule has 3 aliphatic heterocycles. The van der Waals surface area contributed by atoms with Crippen LogP contribution in [0.25, 0.3) is 0 Å². The molecule has 46 heavy (non-hydrogen) atoms. The lowest BCUT2D eigenvalue weighted by Crippen LogP contribution is -2.69. The first-order valence-electron chi connectivity index (χ1n) is 14.2. The lowest BCUT2D eigenvalue weighted by molar-refractivity contribution is -0.357. The van der Waals surface area contributed by atoms with Gasteiger partial charge in [-0.2, -0.15) is 0 Å². The highest BCUT2D eigenvalue weighted by Crippen LogP contribution is 2.35. The highest BCUT2D eigenvalue weighted by Gasteiger charge is 2.57. The summed E-state index contributed by atoms with van der Waals surface area (Å²) in [5.41, 5.74) is 0. The summed E-state index contributed by atoms with van der Waals surface area (Å²) in [6.45, 7) is -0.736. The van der Waals surface area contributed by atoms with Gasteiger partial charge >= 0.3 is 5.97 Å². The van der Waals surface area contributed by atoms with E-state index in [1.807, 2.05) is 0 Å². The van der Waals surface area contributed by atoms with Crippen molar-refractivity contribution in [3.8, 4) is 0 Å². The van der Waals surface area contributed by atoms with Gasteiger partial charge in [-0.05, 0) is 0 Å². The van der Waals surface area contributed by atoms with Crippen molar-refractivity contribution in [2.24, 2.45) is 0 Å². The van der Waals surface area contributed by atoms with Gasteiger partial charge in [-0.25, -0.2) is 4.79 Å². The van der Waals surface area contributed by atoms with Crippen molar-refractivity contribution < 1.29 is 94.2 Å². The molecule has 3 rings (SSSR count). The number of aliphatic hydroxyl groups is 10. The van der Waals surface area contributed by atoms with Crippen molar-refractivity contribution >= 4 is 17.8 Å². The van der Waals surface area contributed by atoms with Crippen LogP contribution in [0.4, 0.5) is 0 Å². The van der Waals surface area contributed by atoms with Crippen LogP contribution in [0, 0.1) is 0 Å². The largest absolute Gasteiger partial charge is 0.477 e. The van der Waals surface area contributed by atoms with E-state index in [1.54, 1.807) is 0 Å². The number of aliphatic hydroxyl groups excluding tert-OH is 10. The summed E-state index contributed by atoms with van der Waals surface area (Å²) in [6, 6.07) is -3.08. The van der Waals surface area contributed by atoms with Crippen LogP contribution < -0.4 is 10.6 Å². The Morgan fingerprint density at radius 2 is 1.48 bits per heavy atom. The number of carboxylic acids is 1. The molecule has 0 saturated carbocycles. The Morgan fingerprint density at radius 3 is 2.02 bits per heavy atom. The number of carboxylic acid groups (broad SMARTS) is 1. The Labute approximate surface area is 260 Å². The van der Waals surface area contributed by atoms with E-state index in [9.17, 15) is 70.6 Å². The summed E-state index contributed by atoms with van der Waals surface area (Å²) in [5.74, 6) is -6.21. The molecule has 3 saturated heterocycles. The molecule has 3 aliphatic rings. The van der Waals surface area contributed by atoms with Gasteiger partial charge < -0.3 is 90.5 Å². The van der Waals surface area contributed by atoms with Crippen molar-refractivity contribution in [1.29, 1.82) is 0 Å². The molecule has 2 amide bonds. The van der Waals surface area contributed by atoms with Crippen molar-refractivity contribution in [2.45, 2.75) is 118 Å². The summed E-state index contributed by atoms with van der Waals surface area (Å²) < 4.78 is 27.5. The van der Waals surface area contributed by atoms with Crippen molar-refractivity contribution in [1.82, 2.24) is 10.6 Å². The monoisotopic (exact) mass is 674 g/mol. The van der Waals surface area contributed by atoms with Gasteiger partial charge in [-0.15, -0.1) is 0 Å². The molecule has 21 nitrogen and oxygen atoms in total. The van der Waals surface area contributed by atoms with Crippen LogP contribution in [-0.2, 0) is 38.1 Å². The molecule has 0 aromatic carbocycles. The van der Waals surface area contributed by atoms with E-state index >= 15 is 0 Å². The van der Waals surface area contributed by atoms with E-state index < -0.39 is 142 Å². The molecule has 0 radical (unpaired) electrons. The minimum absolute atomic E-state index is 0.729. The number of hydrogen-bond donors (Lipinski definition) is 13. The summed E-state index contributed by atoms with van der Waals surface area (Å²) in [5, 5.41) is 117. The summed E-state index contributed by atoms with van der Waals surface area (Å²) >= 11 is 0. The van der Waals surface area contributed by atoms with Gasteiger partial charge in [-0.1, -0.05) is 0 Å². The van der Waals surface area contributed by atoms with Crippen LogP contribution in [0.2, 0.25) is 0 Å². The first-order chi connectivity index (χ1) is 21.5. The Kier molecular flexibility index (Phi) is 13.1. The lowest BCUT2D eigenvalue weighted by Gasteiger charge is -2.48. The van der Waals surface area contributed by atoms with Crippen molar-refractivity contribution in [2.75, 3.05) is 19.8 Å². The van der Waals surface area contributed by atoms with Gasteiger partial charge in [0.2, 0.25) is 11.8 Å². The second kappa shape index (κ2) is 15.8. The number of nitrogens with one attached hydrogen (secondary N) is 2. The van der Waals surface area contributed by atoms with E-state index in [-0.39, 0.29) is 0 Å². The fourth-order valence-corrected chi connectivity index (χ4v) is 5.46. The van der Waals surface area contributed by atoms with E-state index in [4.69, 9.17) is 23.7 Å². The molecule has 21 heteroatoms. The molecule has 266 valence electrons. The fourth-order valence-electron chi connectivity index (χ4n) is 5.46. The lowest BCUT2D eigenvalue weighted by atomic mass is 9.88. The average Bonchev–Trinajstić information content (AvgIpc) is 2.99. The normalized spacial score (nSPS) is 42.9. The second-order valence-corrected chi connectivity index (χ2v) is 11.3. The molecule has 16 atom stereocenters. The Morgan fingerprint density at radius 1 is 0.870 bits per heavy atom. The molecular formula is C25H42N2O19. The van der Waals surface area contributed by atoms with Crippen LogP contribution >= 0.6 is 0 Å². The number of carbonyl (C=O) groups excluding carboxylic acids is 2. The predicted octanol–water partition coefficient (Wildman–Crippen LogP) is -8.08. The Balaban J connectivity index is 1.93.